The summed E-state index contributed by atoms with van der Waals surface area (Å²) >= 11 is 0. The molecule has 2 N–H and O–H groups in total. The quantitative estimate of drug-likeness (QED) is 0.822. The molecule has 2 saturated carbocycles. The average molecular weight is 246 g/mol. The molecule has 2 fully saturated rings. The van der Waals surface area contributed by atoms with E-state index in [1.807, 2.05) is 0 Å². The third-order valence-corrected chi connectivity index (χ3v) is 3.93. The van der Waals surface area contributed by atoms with Gasteiger partial charge in [0.05, 0.1) is 0 Å². The summed E-state index contributed by atoms with van der Waals surface area (Å²) in [4.78, 5) is 13.6. The summed E-state index contributed by atoms with van der Waals surface area (Å²) in [5, 5.41) is 0. The summed E-state index contributed by atoms with van der Waals surface area (Å²) in [7, 11) is 1.71. The van der Waals surface area contributed by atoms with Crippen LogP contribution in [-0.2, 0) is 4.79 Å². The van der Waals surface area contributed by atoms with E-state index in [-0.39, 0.29) is 24.8 Å². The molecule has 3 nitrogen and oxygen atoms in total. The number of nitrogens with two attached hydrogens (primary N) is 1. The molecule has 2 rings (SSSR count). The van der Waals surface area contributed by atoms with Crippen molar-refractivity contribution in [2.45, 2.75) is 44.1 Å². The summed E-state index contributed by atoms with van der Waals surface area (Å²) in [6.45, 7) is 0.661. The normalized spacial score (nSPS) is 35.4. The number of amides is 1. The molecule has 0 aromatic heterocycles. The Balaban J connectivity index is 1.79. The predicted octanol–water partition coefficient (Wildman–Crippen LogP) is 1.62. The van der Waals surface area contributed by atoms with Gasteiger partial charge in [-0.05, 0) is 25.2 Å². The van der Waals surface area contributed by atoms with E-state index in [0.717, 1.165) is 12.8 Å². The topological polar surface area (TPSA) is 46.3 Å². The highest BCUT2D eigenvalue weighted by Crippen LogP contribution is 2.39. The molecular formula is C12H20F2N2O. The average Bonchev–Trinajstić information content (AvgIpc) is 2.55. The minimum Gasteiger partial charge on any atom is -0.345 e. The van der Waals surface area contributed by atoms with E-state index < -0.39 is 11.8 Å². The number of alkyl halides is 2. The number of hydrogen-bond acceptors (Lipinski definition) is 2. The molecule has 17 heavy (non-hydrogen) atoms. The Morgan fingerprint density at radius 2 is 2.12 bits per heavy atom. The van der Waals surface area contributed by atoms with Crippen LogP contribution in [0.2, 0.25) is 0 Å². The van der Waals surface area contributed by atoms with E-state index in [0.29, 0.717) is 18.9 Å². The van der Waals surface area contributed by atoms with Crippen molar-refractivity contribution in [2.75, 3.05) is 13.6 Å². The molecule has 1 amide bonds. The van der Waals surface area contributed by atoms with Crippen molar-refractivity contribution in [2.24, 2.45) is 17.6 Å². The Morgan fingerprint density at radius 1 is 1.47 bits per heavy atom. The molecule has 0 aromatic rings. The Labute approximate surface area is 100 Å². The molecule has 0 bridgehead atoms. The lowest BCUT2D eigenvalue weighted by molar-refractivity contribution is -0.136. The van der Waals surface area contributed by atoms with Crippen LogP contribution in [0.1, 0.15) is 32.1 Å². The van der Waals surface area contributed by atoms with Gasteiger partial charge in [0, 0.05) is 38.4 Å². The fourth-order valence-electron chi connectivity index (χ4n) is 2.89. The number of carbonyl (C=O) groups excluding carboxylic acids is 1. The summed E-state index contributed by atoms with van der Waals surface area (Å²) in [6, 6.07) is 0.263. The van der Waals surface area contributed by atoms with E-state index in [9.17, 15) is 13.6 Å². The van der Waals surface area contributed by atoms with Crippen molar-refractivity contribution >= 4 is 5.91 Å². The van der Waals surface area contributed by atoms with Gasteiger partial charge in [0.15, 0.2) is 0 Å². The Bertz CT molecular complexity index is 303. The van der Waals surface area contributed by atoms with Gasteiger partial charge in [-0.1, -0.05) is 0 Å². The highest BCUT2D eigenvalue weighted by Gasteiger charge is 2.43. The van der Waals surface area contributed by atoms with Gasteiger partial charge in [-0.2, -0.15) is 0 Å². The van der Waals surface area contributed by atoms with Crippen molar-refractivity contribution in [3.63, 3.8) is 0 Å². The second-order valence-corrected chi connectivity index (χ2v) is 5.61. The molecule has 0 saturated heterocycles. The lowest BCUT2D eigenvalue weighted by Crippen LogP contribution is -2.44. The van der Waals surface area contributed by atoms with Gasteiger partial charge in [-0.25, -0.2) is 8.78 Å². The van der Waals surface area contributed by atoms with Crippen LogP contribution < -0.4 is 5.73 Å². The lowest BCUT2D eigenvalue weighted by atomic mass is 9.80. The van der Waals surface area contributed by atoms with Gasteiger partial charge in [0.1, 0.15) is 0 Å². The molecule has 0 heterocycles. The van der Waals surface area contributed by atoms with Crippen LogP contribution in [0.5, 0.6) is 0 Å². The van der Waals surface area contributed by atoms with Crippen molar-refractivity contribution in [1.82, 2.24) is 4.90 Å². The lowest BCUT2D eigenvalue weighted by Gasteiger charge is -2.36. The molecule has 98 valence electrons. The second-order valence-electron chi connectivity index (χ2n) is 5.61. The molecule has 2 aliphatic rings. The first-order valence-electron chi connectivity index (χ1n) is 6.26. The molecule has 0 radical (unpaired) electrons. The highest BCUT2D eigenvalue weighted by molar-refractivity contribution is 5.79. The van der Waals surface area contributed by atoms with E-state index in [1.54, 1.807) is 11.9 Å². The maximum Gasteiger partial charge on any atom is 0.248 e. The van der Waals surface area contributed by atoms with Gasteiger partial charge in [-0.3, -0.25) is 4.79 Å². The van der Waals surface area contributed by atoms with Crippen LogP contribution in [0.25, 0.3) is 0 Å². The third-order valence-electron chi connectivity index (χ3n) is 3.93. The van der Waals surface area contributed by atoms with Crippen molar-refractivity contribution in [3.8, 4) is 0 Å². The van der Waals surface area contributed by atoms with E-state index in [2.05, 4.69) is 0 Å². The summed E-state index contributed by atoms with van der Waals surface area (Å²) in [5.41, 5.74) is 5.68. The first-order chi connectivity index (χ1) is 7.87. The molecule has 0 aliphatic heterocycles. The highest BCUT2D eigenvalue weighted by atomic mass is 19.3. The standard InChI is InChI=1S/C12H20F2N2O/c1-16(7-8-4-10(15)5-8)11(17)9-2-3-12(13,14)6-9/h8-10H,2-7,15H2,1H3. The van der Waals surface area contributed by atoms with Crippen LogP contribution in [0, 0.1) is 11.8 Å². The molecule has 0 aromatic carbocycles. The molecule has 0 spiro atoms. The minimum atomic E-state index is -2.64. The van der Waals surface area contributed by atoms with Crippen molar-refractivity contribution in [1.29, 1.82) is 0 Å². The van der Waals surface area contributed by atoms with E-state index in [1.165, 1.54) is 0 Å². The SMILES string of the molecule is CN(CC1CC(N)C1)C(=O)C1CCC(F)(F)C1. The number of rotatable bonds is 3. The minimum absolute atomic E-state index is 0.123. The Kier molecular flexibility index (Phi) is 3.39. The summed E-state index contributed by atoms with van der Waals surface area (Å²) in [5.74, 6) is -2.78. The van der Waals surface area contributed by atoms with Gasteiger partial charge in [0.2, 0.25) is 11.8 Å². The molecule has 1 unspecified atom stereocenters. The van der Waals surface area contributed by atoms with Gasteiger partial charge in [-0.15, -0.1) is 0 Å². The van der Waals surface area contributed by atoms with E-state index >= 15 is 0 Å². The first kappa shape index (κ1) is 12.7. The van der Waals surface area contributed by atoms with E-state index in [4.69, 9.17) is 5.73 Å². The number of nitrogens with zero attached hydrogens (tertiary/aromatic N) is 1. The van der Waals surface area contributed by atoms with Gasteiger partial charge < -0.3 is 10.6 Å². The maximum absolute atomic E-state index is 13.0. The van der Waals surface area contributed by atoms with Crippen molar-refractivity contribution < 1.29 is 13.6 Å². The second kappa shape index (κ2) is 4.52. The fraction of sp³-hybridized carbons (Fsp3) is 0.917. The summed E-state index contributed by atoms with van der Waals surface area (Å²) < 4.78 is 26.0. The molecule has 1 atom stereocenters. The third kappa shape index (κ3) is 2.94. The fourth-order valence-corrected chi connectivity index (χ4v) is 2.89. The van der Waals surface area contributed by atoms with Crippen molar-refractivity contribution in [3.05, 3.63) is 0 Å². The first-order valence-corrected chi connectivity index (χ1v) is 6.26. The maximum atomic E-state index is 13.0. The van der Waals surface area contributed by atoms with Gasteiger partial charge >= 0.3 is 0 Å². The number of hydrogen-bond donors (Lipinski definition) is 1. The van der Waals surface area contributed by atoms with Crippen LogP contribution in [0.3, 0.4) is 0 Å². The van der Waals surface area contributed by atoms with Crippen LogP contribution >= 0.6 is 0 Å². The Morgan fingerprint density at radius 3 is 2.59 bits per heavy atom. The zero-order chi connectivity index (χ0) is 12.6. The molecular weight excluding hydrogens is 226 g/mol. The smallest absolute Gasteiger partial charge is 0.248 e. The molecule has 2 aliphatic carbocycles. The monoisotopic (exact) mass is 246 g/mol. The van der Waals surface area contributed by atoms with Crippen LogP contribution in [0.4, 0.5) is 8.78 Å². The molecule has 5 heteroatoms. The van der Waals surface area contributed by atoms with Crippen LogP contribution in [0.15, 0.2) is 0 Å². The zero-order valence-corrected chi connectivity index (χ0v) is 10.2. The largest absolute Gasteiger partial charge is 0.345 e. The predicted molar refractivity (Wildman–Crippen MR) is 60.6 cm³/mol. The van der Waals surface area contributed by atoms with Crippen LogP contribution in [-0.4, -0.2) is 36.4 Å². The van der Waals surface area contributed by atoms with Gasteiger partial charge in [0.25, 0.3) is 0 Å². The number of halogens is 2. The Hall–Kier alpha value is -0.710. The summed E-state index contributed by atoms with van der Waals surface area (Å²) in [6.07, 6.45) is 1.78. The zero-order valence-electron chi connectivity index (χ0n) is 10.2. The number of carbonyl (C=O) groups is 1.